The molecule has 0 aliphatic heterocycles. The second kappa shape index (κ2) is 6.18. The normalized spacial score (nSPS) is 11.4. The molecule has 0 amide bonds. The van der Waals surface area contributed by atoms with Crippen molar-refractivity contribution in [2.24, 2.45) is 0 Å². The van der Waals surface area contributed by atoms with Gasteiger partial charge in [0.15, 0.2) is 0 Å². The fourth-order valence-electron chi connectivity index (χ4n) is 2.37. The quantitative estimate of drug-likeness (QED) is 0.737. The first kappa shape index (κ1) is 15.8. The minimum Gasteiger partial charge on any atom is -0.280 e. The first-order valence-electron chi connectivity index (χ1n) is 7.18. The number of nitrogens with one attached hydrogen (secondary N) is 1. The summed E-state index contributed by atoms with van der Waals surface area (Å²) >= 11 is 1.62. The average Bonchev–Trinajstić information content (AvgIpc) is 3.00. The lowest BCUT2D eigenvalue weighted by molar-refractivity contribution is 0.601. The molecule has 23 heavy (non-hydrogen) atoms. The fraction of sp³-hybridized carbons (Fsp3) is 0.111. The molecule has 3 rings (SSSR count). The van der Waals surface area contributed by atoms with Crippen LogP contribution in [0.4, 0.5) is 5.69 Å². The molecule has 0 bridgehead atoms. The van der Waals surface area contributed by atoms with Gasteiger partial charge in [0.05, 0.1) is 4.90 Å². The van der Waals surface area contributed by atoms with E-state index in [2.05, 4.69) is 4.72 Å². The SMILES string of the molecule is Cc1ccc(S(=O)(=O)Nc2cc(C)cc(-c3ccsc3)c2)cc1. The Labute approximate surface area is 140 Å². The van der Waals surface area contributed by atoms with Crippen LogP contribution in [0.2, 0.25) is 0 Å². The Morgan fingerprint density at radius 3 is 2.26 bits per heavy atom. The van der Waals surface area contributed by atoms with Crippen LogP contribution < -0.4 is 4.72 Å². The van der Waals surface area contributed by atoms with Crippen LogP contribution >= 0.6 is 11.3 Å². The minimum absolute atomic E-state index is 0.265. The third-order valence-electron chi connectivity index (χ3n) is 3.52. The number of thiophene rings is 1. The number of anilines is 1. The largest absolute Gasteiger partial charge is 0.280 e. The molecule has 1 N–H and O–H groups in total. The van der Waals surface area contributed by atoms with Crippen LogP contribution in [-0.2, 0) is 10.0 Å². The van der Waals surface area contributed by atoms with Gasteiger partial charge in [-0.05, 0) is 71.6 Å². The molecule has 0 atom stereocenters. The van der Waals surface area contributed by atoms with E-state index in [9.17, 15) is 8.42 Å². The third-order valence-corrected chi connectivity index (χ3v) is 5.60. The van der Waals surface area contributed by atoms with E-state index in [0.29, 0.717) is 5.69 Å². The minimum atomic E-state index is -3.58. The van der Waals surface area contributed by atoms with Gasteiger partial charge in [-0.25, -0.2) is 8.42 Å². The Morgan fingerprint density at radius 1 is 0.870 bits per heavy atom. The molecule has 0 saturated carbocycles. The van der Waals surface area contributed by atoms with Gasteiger partial charge in [-0.2, -0.15) is 11.3 Å². The maximum absolute atomic E-state index is 12.5. The number of rotatable bonds is 4. The lowest BCUT2D eigenvalue weighted by Crippen LogP contribution is -2.13. The first-order valence-corrected chi connectivity index (χ1v) is 9.60. The van der Waals surface area contributed by atoms with Gasteiger partial charge in [-0.3, -0.25) is 4.72 Å². The van der Waals surface area contributed by atoms with Crippen LogP contribution in [0, 0.1) is 13.8 Å². The highest BCUT2D eigenvalue weighted by atomic mass is 32.2. The van der Waals surface area contributed by atoms with Crippen LogP contribution in [0.15, 0.2) is 64.2 Å². The molecule has 3 nitrogen and oxygen atoms in total. The summed E-state index contributed by atoms with van der Waals surface area (Å²) in [7, 11) is -3.58. The van der Waals surface area contributed by atoms with Gasteiger partial charge in [0.1, 0.15) is 0 Å². The molecule has 5 heteroatoms. The fourth-order valence-corrected chi connectivity index (χ4v) is 4.07. The molecule has 2 aromatic carbocycles. The van der Waals surface area contributed by atoms with Crippen LogP contribution in [0.5, 0.6) is 0 Å². The summed E-state index contributed by atoms with van der Waals surface area (Å²) in [5, 5.41) is 4.06. The molecular weight excluding hydrogens is 326 g/mol. The molecular formula is C18H17NO2S2. The lowest BCUT2D eigenvalue weighted by atomic mass is 10.1. The van der Waals surface area contributed by atoms with Gasteiger partial charge in [0.2, 0.25) is 0 Å². The van der Waals surface area contributed by atoms with E-state index in [4.69, 9.17) is 0 Å². The number of aryl methyl sites for hydroxylation is 2. The van der Waals surface area contributed by atoms with E-state index >= 15 is 0 Å². The second-order valence-corrected chi connectivity index (χ2v) is 7.98. The molecule has 0 radical (unpaired) electrons. The number of sulfonamides is 1. The highest BCUT2D eigenvalue weighted by molar-refractivity contribution is 7.92. The number of hydrogen-bond donors (Lipinski definition) is 1. The topological polar surface area (TPSA) is 46.2 Å². The lowest BCUT2D eigenvalue weighted by Gasteiger charge is -2.11. The molecule has 1 aromatic heterocycles. The number of benzene rings is 2. The van der Waals surface area contributed by atoms with Crippen LogP contribution in [0.25, 0.3) is 11.1 Å². The van der Waals surface area contributed by atoms with Crippen molar-refractivity contribution in [3.8, 4) is 11.1 Å². The Hall–Kier alpha value is -2.11. The van der Waals surface area contributed by atoms with Crippen molar-refractivity contribution in [1.29, 1.82) is 0 Å². The van der Waals surface area contributed by atoms with Crippen molar-refractivity contribution in [2.75, 3.05) is 4.72 Å². The third kappa shape index (κ3) is 3.63. The van der Waals surface area contributed by atoms with Crippen LogP contribution in [0.1, 0.15) is 11.1 Å². The Kier molecular flexibility index (Phi) is 4.24. The van der Waals surface area contributed by atoms with Gasteiger partial charge in [0, 0.05) is 5.69 Å². The summed E-state index contributed by atoms with van der Waals surface area (Å²) in [6.45, 7) is 3.89. The Morgan fingerprint density at radius 2 is 1.61 bits per heavy atom. The van der Waals surface area contributed by atoms with Crippen LogP contribution in [0.3, 0.4) is 0 Å². The summed E-state index contributed by atoms with van der Waals surface area (Å²) in [5.74, 6) is 0. The monoisotopic (exact) mass is 343 g/mol. The van der Waals surface area contributed by atoms with Crippen molar-refractivity contribution >= 4 is 27.0 Å². The molecule has 3 aromatic rings. The zero-order chi connectivity index (χ0) is 16.4. The maximum atomic E-state index is 12.5. The van der Waals surface area contributed by atoms with Crippen LogP contribution in [-0.4, -0.2) is 8.42 Å². The van der Waals surface area contributed by atoms with Gasteiger partial charge in [-0.1, -0.05) is 23.8 Å². The molecule has 118 valence electrons. The Bertz CT molecular complexity index is 912. The molecule has 0 spiro atoms. The molecule has 0 unspecified atom stereocenters. The summed E-state index contributed by atoms with van der Waals surface area (Å²) in [5.41, 5.74) is 4.71. The second-order valence-electron chi connectivity index (χ2n) is 5.52. The van der Waals surface area contributed by atoms with Crippen molar-refractivity contribution in [3.63, 3.8) is 0 Å². The highest BCUT2D eigenvalue weighted by Crippen LogP contribution is 2.27. The summed E-state index contributed by atoms with van der Waals surface area (Å²) in [4.78, 5) is 0.265. The molecule has 0 aliphatic carbocycles. The number of hydrogen-bond acceptors (Lipinski definition) is 3. The van der Waals surface area contributed by atoms with Crippen molar-refractivity contribution < 1.29 is 8.42 Å². The standard InChI is InChI=1S/C18H17NO2S2/c1-13-3-5-18(6-4-13)23(20,21)19-17-10-14(2)9-16(11-17)15-7-8-22-12-15/h3-12,19H,1-2H3. The predicted octanol–water partition coefficient (Wildman–Crippen LogP) is 4.83. The van der Waals surface area contributed by atoms with Gasteiger partial charge >= 0.3 is 0 Å². The van der Waals surface area contributed by atoms with E-state index < -0.39 is 10.0 Å². The van der Waals surface area contributed by atoms with E-state index in [1.54, 1.807) is 35.6 Å². The van der Waals surface area contributed by atoms with Crippen molar-refractivity contribution in [2.45, 2.75) is 18.7 Å². The van der Waals surface area contributed by atoms with Crippen molar-refractivity contribution in [3.05, 3.63) is 70.4 Å². The zero-order valence-corrected chi connectivity index (χ0v) is 14.5. The zero-order valence-electron chi connectivity index (χ0n) is 12.9. The van der Waals surface area contributed by atoms with E-state index in [0.717, 1.165) is 22.3 Å². The van der Waals surface area contributed by atoms with E-state index in [1.807, 2.05) is 48.9 Å². The summed E-state index contributed by atoms with van der Waals surface area (Å²) in [6.07, 6.45) is 0. The molecule has 1 heterocycles. The Balaban J connectivity index is 1.95. The van der Waals surface area contributed by atoms with E-state index in [-0.39, 0.29) is 4.90 Å². The predicted molar refractivity (Wildman–Crippen MR) is 96.5 cm³/mol. The van der Waals surface area contributed by atoms with Crippen molar-refractivity contribution in [1.82, 2.24) is 0 Å². The first-order chi connectivity index (χ1) is 10.9. The highest BCUT2D eigenvalue weighted by Gasteiger charge is 2.14. The average molecular weight is 343 g/mol. The van der Waals surface area contributed by atoms with Gasteiger partial charge in [-0.15, -0.1) is 0 Å². The summed E-state index contributed by atoms with van der Waals surface area (Å²) < 4.78 is 27.7. The van der Waals surface area contributed by atoms with Gasteiger partial charge in [0.25, 0.3) is 10.0 Å². The maximum Gasteiger partial charge on any atom is 0.261 e. The summed E-state index contributed by atoms with van der Waals surface area (Å²) in [6, 6.07) is 14.6. The smallest absolute Gasteiger partial charge is 0.261 e. The molecule has 0 fully saturated rings. The van der Waals surface area contributed by atoms with E-state index in [1.165, 1.54) is 0 Å². The molecule has 0 aliphatic rings. The molecule has 0 saturated heterocycles. The van der Waals surface area contributed by atoms with Gasteiger partial charge < -0.3 is 0 Å².